The predicted octanol–water partition coefficient (Wildman–Crippen LogP) is 2.72. The number of urea groups is 1. The first-order valence-electron chi connectivity index (χ1n) is 10.7. The van der Waals surface area contributed by atoms with Crippen LogP contribution in [0.15, 0.2) is 24.3 Å². The average Bonchev–Trinajstić information content (AvgIpc) is 3.26. The summed E-state index contributed by atoms with van der Waals surface area (Å²) in [5.74, 6) is 1.90. The van der Waals surface area contributed by atoms with E-state index in [-0.39, 0.29) is 23.9 Å². The van der Waals surface area contributed by atoms with Crippen LogP contribution in [0.5, 0.6) is 0 Å². The van der Waals surface area contributed by atoms with Gasteiger partial charge in [-0.15, -0.1) is 0 Å². The molecule has 0 radical (unpaired) electrons. The van der Waals surface area contributed by atoms with Gasteiger partial charge in [0.05, 0.1) is 11.0 Å². The molecule has 156 valence electrons. The molecule has 1 aromatic carbocycles. The lowest BCUT2D eigenvalue weighted by molar-refractivity contribution is -0.129. The van der Waals surface area contributed by atoms with Gasteiger partial charge in [-0.2, -0.15) is 0 Å². The third-order valence-electron chi connectivity index (χ3n) is 6.37. The van der Waals surface area contributed by atoms with Crippen LogP contribution in [-0.4, -0.2) is 63.5 Å². The third kappa shape index (κ3) is 3.95. The smallest absolute Gasteiger partial charge is 0.317 e. The number of nitrogens with one attached hydrogen (secondary N) is 1. The maximum absolute atomic E-state index is 12.6. The van der Waals surface area contributed by atoms with Crippen molar-refractivity contribution in [3.63, 3.8) is 0 Å². The number of fused-ring (bicyclic) bond motifs is 1. The molecule has 1 unspecified atom stereocenters. The van der Waals surface area contributed by atoms with Crippen LogP contribution in [0.2, 0.25) is 0 Å². The van der Waals surface area contributed by atoms with Gasteiger partial charge in [0, 0.05) is 57.5 Å². The topological polar surface area (TPSA) is 70.5 Å². The molecule has 7 nitrogen and oxygen atoms in total. The first-order valence-corrected chi connectivity index (χ1v) is 10.7. The Kier molecular flexibility index (Phi) is 5.48. The van der Waals surface area contributed by atoms with Gasteiger partial charge in [0.1, 0.15) is 5.82 Å². The molecule has 1 N–H and O–H groups in total. The largest absolute Gasteiger partial charge is 0.340 e. The zero-order valence-corrected chi connectivity index (χ0v) is 17.6. The van der Waals surface area contributed by atoms with Crippen molar-refractivity contribution in [2.24, 2.45) is 13.0 Å². The van der Waals surface area contributed by atoms with E-state index in [0.717, 1.165) is 49.3 Å². The Balaban J connectivity index is 1.29. The van der Waals surface area contributed by atoms with E-state index in [9.17, 15) is 9.59 Å². The molecule has 3 amide bonds. The van der Waals surface area contributed by atoms with Crippen LogP contribution in [0.1, 0.15) is 44.9 Å². The van der Waals surface area contributed by atoms with Crippen molar-refractivity contribution >= 4 is 23.0 Å². The summed E-state index contributed by atoms with van der Waals surface area (Å²) in [6.07, 6.45) is 2.38. The molecule has 29 heavy (non-hydrogen) atoms. The molecule has 3 heterocycles. The molecule has 0 aliphatic carbocycles. The van der Waals surface area contributed by atoms with Crippen LogP contribution >= 0.6 is 0 Å². The van der Waals surface area contributed by atoms with Crippen LogP contribution in [0.3, 0.4) is 0 Å². The number of hydrogen-bond acceptors (Lipinski definition) is 3. The Morgan fingerprint density at radius 2 is 1.97 bits per heavy atom. The van der Waals surface area contributed by atoms with E-state index in [2.05, 4.69) is 29.1 Å². The highest BCUT2D eigenvalue weighted by molar-refractivity contribution is 5.79. The van der Waals surface area contributed by atoms with E-state index < -0.39 is 0 Å². The maximum atomic E-state index is 12.6. The molecule has 0 saturated carbocycles. The molecule has 2 aliphatic heterocycles. The maximum Gasteiger partial charge on any atom is 0.317 e. The van der Waals surface area contributed by atoms with Gasteiger partial charge in [-0.3, -0.25) is 4.79 Å². The summed E-state index contributed by atoms with van der Waals surface area (Å²) in [7, 11) is 2.08. The molecule has 1 atom stereocenters. The van der Waals surface area contributed by atoms with Crippen molar-refractivity contribution in [2.75, 3.05) is 26.2 Å². The number of aromatic nitrogens is 2. The summed E-state index contributed by atoms with van der Waals surface area (Å²) < 4.78 is 2.19. The first-order chi connectivity index (χ1) is 13.9. The van der Waals surface area contributed by atoms with Crippen LogP contribution in [0.4, 0.5) is 4.79 Å². The van der Waals surface area contributed by atoms with E-state index in [1.54, 1.807) is 0 Å². The molecule has 0 spiro atoms. The molecule has 1 aromatic heterocycles. The van der Waals surface area contributed by atoms with E-state index >= 15 is 0 Å². The summed E-state index contributed by atoms with van der Waals surface area (Å²) in [4.78, 5) is 33.3. The number of piperidine rings is 1. The van der Waals surface area contributed by atoms with Gasteiger partial charge in [-0.25, -0.2) is 9.78 Å². The number of nitrogens with zero attached hydrogens (tertiary/aromatic N) is 4. The zero-order valence-electron chi connectivity index (χ0n) is 17.6. The molecule has 7 heteroatoms. The number of para-hydroxylation sites is 2. The highest BCUT2D eigenvalue weighted by Crippen LogP contribution is 2.29. The van der Waals surface area contributed by atoms with E-state index in [0.29, 0.717) is 18.9 Å². The second-order valence-electron chi connectivity index (χ2n) is 8.68. The second kappa shape index (κ2) is 8.05. The molecule has 2 fully saturated rings. The van der Waals surface area contributed by atoms with Gasteiger partial charge in [0.2, 0.25) is 5.91 Å². The highest BCUT2D eigenvalue weighted by atomic mass is 16.2. The van der Waals surface area contributed by atoms with Crippen LogP contribution < -0.4 is 5.32 Å². The standard InChI is InChI=1S/C22H31N5O2/c1-15(2)27-14-16(12-20(27)28)13-23-22(29)26-10-8-17(9-11-26)21-24-18-6-4-5-7-19(18)25(21)3/h4-7,15-17H,8-14H2,1-3H3,(H,23,29). The highest BCUT2D eigenvalue weighted by Gasteiger charge is 2.32. The summed E-state index contributed by atoms with van der Waals surface area (Å²) in [6.45, 7) is 6.86. The van der Waals surface area contributed by atoms with Gasteiger partial charge in [-0.1, -0.05) is 12.1 Å². The van der Waals surface area contributed by atoms with Gasteiger partial charge in [-0.05, 0) is 38.8 Å². The number of carbonyl (C=O) groups excluding carboxylic acids is 2. The number of amides is 3. The lowest BCUT2D eigenvalue weighted by atomic mass is 9.96. The lowest BCUT2D eigenvalue weighted by Crippen LogP contribution is -2.45. The fourth-order valence-corrected chi connectivity index (χ4v) is 4.66. The van der Waals surface area contributed by atoms with Crippen molar-refractivity contribution in [3.05, 3.63) is 30.1 Å². The first kappa shape index (κ1) is 19.7. The number of likely N-dealkylation sites (tertiary alicyclic amines) is 2. The van der Waals surface area contributed by atoms with E-state index in [4.69, 9.17) is 4.98 Å². The molecular formula is C22H31N5O2. The molecule has 2 aliphatic rings. The number of imidazole rings is 1. The molecular weight excluding hydrogens is 366 g/mol. The number of carbonyl (C=O) groups is 2. The quantitative estimate of drug-likeness (QED) is 0.862. The van der Waals surface area contributed by atoms with Crippen molar-refractivity contribution in [3.8, 4) is 0 Å². The second-order valence-corrected chi connectivity index (χ2v) is 8.68. The summed E-state index contributed by atoms with van der Waals surface area (Å²) >= 11 is 0. The summed E-state index contributed by atoms with van der Waals surface area (Å²) in [6, 6.07) is 8.43. The Hall–Kier alpha value is -2.57. The SMILES string of the molecule is CC(C)N1CC(CNC(=O)N2CCC(c3nc4ccccc4n3C)CC2)CC1=O. The minimum absolute atomic E-state index is 0.0103. The van der Waals surface area contributed by atoms with Gasteiger partial charge in [0.25, 0.3) is 0 Å². The van der Waals surface area contributed by atoms with Crippen molar-refractivity contribution in [2.45, 2.75) is 45.1 Å². The van der Waals surface area contributed by atoms with Crippen LogP contribution in [-0.2, 0) is 11.8 Å². The minimum Gasteiger partial charge on any atom is -0.340 e. The fraction of sp³-hybridized carbons (Fsp3) is 0.591. The van der Waals surface area contributed by atoms with Gasteiger partial charge >= 0.3 is 6.03 Å². The van der Waals surface area contributed by atoms with Crippen molar-refractivity contribution < 1.29 is 9.59 Å². The van der Waals surface area contributed by atoms with Gasteiger partial charge < -0.3 is 19.7 Å². The van der Waals surface area contributed by atoms with Crippen LogP contribution in [0.25, 0.3) is 11.0 Å². The molecule has 2 saturated heterocycles. The lowest BCUT2D eigenvalue weighted by Gasteiger charge is -2.32. The van der Waals surface area contributed by atoms with Crippen LogP contribution in [0, 0.1) is 5.92 Å². The van der Waals surface area contributed by atoms with Crippen molar-refractivity contribution in [1.29, 1.82) is 0 Å². The summed E-state index contributed by atoms with van der Waals surface area (Å²) in [5, 5.41) is 3.05. The van der Waals surface area contributed by atoms with Crippen molar-refractivity contribution in [1.82, 2.24) is 24.7 Å². The zero-order chi connectivity index (χ0) is 20.5. The summed E-state index contributed by atoms with van der Waals surface area (Å²) in [5.41, 5.74) is 2.19. The fourth-order valence-electron chi connectivity index (χ4n) is 4.66. The monoisotopic (exact) mass is 397 g/mol. The number of aryl methyl sites for hydroxylation is 1. The normalized spacial score (nSPS) is 20.8. The van der Waals surface area contributed by atoms with E-state index in [1.807, 2.05) is 35.8 Å². The Labute approximate surface area is 172 Å². The Morgan fingerprint density at radius 1 is 1.24 bits per heavy atom. The molecule has 0 bridgehead atoms. The van der Waals surface area contributed by atoms with E-state index in [1.165, 1.54) is 0 Å². The Bertz CT molecular complexity index is 898. The molecule has 2 aromatic rings. The molecule has 4 rings (SSSR count). The predicted molar refractivity (Wildman–Crippen MR) is 113 cm³/mol. The number of benzene rings is 1. The minimum atomic E-state index is -0.0103. The number of rotatable bonds is 4. The average molecular weight is 398 g/mol. The Morgan fingerprint density at radius 3 is 2.62 bits per heavy atom. The third-order valence-corrected chi connectivity index (χ3v) is 6.37. The number of hydrogen-bond donors (Lipinski definition) is 1. The van der Waals surface area contributed by atoms with Gasteiger partial charge in [0.15, 0.2) is 0 Å².